The minimum atomic E-state index is 0.426. The van der Waals surface area contributed by atoms with Crippen molar-refractivity contribution < 1.29 is 4.74 Å². The summed E-state index contributed by atoms with van der Waals surface area (Å²) >= 11 is 1.88. The largest absolute Gasteiger partial charge is 0.380 e. The SMILES string of the molecule is CCCCOCCNC(C)c1cc(C)sc1C. The maximum Gasteiger partial charge on any atom is 0.0591 e. The van der Waals surface area contributed by atoms with E-state index in [0.29, 0.717) is 6.04 Å². The number of ether oxygens (including phenoxy) is 1. The van der Waals surface area contributed by atoms with Crippen LogP contribution < -0.4 is 5.32 Å². The molecule has 1 aromatic rings. The number of nitrogens with one attached hydrogen (secondary N) is 1. The molecule has 1 N–H and O–H groups in total. The average molecular weight is 255 g/mol. The quantitative estimate of drug-likeness (QED) is 0.713. The molecule has 0 fully saturated rings. The molecule has 1 aromatic heterocycles. The van der Waals surface area contributed by atoms with Crippen LogP contribution in [0.15, 0.2) is 6.07 Å². The summed E-state index contributed by atoms with van der Waals surface area (Å²) in [5, 5.41) is 3.51. The Morgan fingerprint density at radius 2 is 2.12 bits per heavy atom. The van der Waals surface area contributed by atoms with Crippen LogP contribution in [0.25, 0.3) is 0 Å². The first-order valence-corrected chi connectivity index (χ1v) is 7.34. The number of aryl methyl sites for hydroxylation is 2. The van der Waals surface area contributed by atoms with E-state index in [0.717, 1.165) is 19.8 Å². The predicted octanol–water partition coefficient (Wildman–Crippen LogP) is 3.83. The van der Waals surface area contributed by atoms with Crippen molar-refractivity contribution in [3.8, 4) is 0 Å². The van der Waals surface area contributed by atoms with Crippen LogP contribution in [0.2, 0.25) is 0 Å². The lowest BCUT2D eigenvalue weighted by Crippen LogP contribution is -2.23. The minimum Gasteiger partial charge on any atom is -0.380 e. The molecule has 0 saturated carbocycles. The summed E-state index contributed by atoms with van der Waals surface area (Å²) in [7, 11) is 0. The molecule has 1 rings (SSSR count). The van der Waals surface area contributed by atoms with Gasteiger partial charge in [0.2, 0.25) is 0 Å². The van der Waals surface area contributed by atoms with Crippen LogP contribution in [-0.4, -0.2) is 19.8 Å². The first kappa shape index (κ1) is 14.7. The molecule has 1 unspecified atom stereocenters. The molecule has 98 valence electrons. The van der Waals surface area contributed by atoms with Gasteiger partial charge in [-0.1, -0.05) is 13.3 Å². The minimum absolute atomic E-state index is 0.426. The number of unbranched alkanes of at least 4 members (excludes halogenated alkanes) is 1. The fourth-order valence-electron chi connectivity index (χ4n) is 1.89. The van der Waals surface area contributed by atoms with Gasteiger partial charge in [-0.3, -0.25) is 0 Å². The smallest absolute Gasteiger partial charge is 0.0591 e. The highest BCUT2D eigenvalue weighted by atomic mass is 32.1. The summed E-state index contributed by atoms with van der Waals surface area (Å²) in [4.78, 5) is 2.82. The molecule has 1 atom stereocenters. The van der Waals surface area contributed by atoms with Gasteiger partial charge >= 0.3 is 0 Å². The first-order valence-electron chi connectivity index (χ1n) is 6.53. The Kier molecular flexibility index (Phi) is 6.78. The molecule has 0 aliphatic carbocycles. The zero-order valence-electron chi connectivity index (χ0n) is 11.5. The summed E-state index contributed by atoms with van der Waals surface area (Å²) in [5.74, 6) is 0. The van der Waals surface area contributed by atoms with Crippen LogP contribution in [0, 0.1) is 13.8 Å². The fourth-order valence-corrected chi connectivity index (χ4v) is 2.91. The number of hydrogen-bond donors (Lipinski definition) is 1. The van der Waals surface area contributed by atoms with Gasteiger partial charge in [0.25, 0.3) is 0 Å². The Morgan fingerprint density at radius 3 is 2.71 bits per heavy atom. The Labute approximate surface area is 109 Å². The molecule has 0 amide bonds. The van der Waals surface area contributed by atoms with Crippen molar-refractivity contribution in [2.24, 2.45) is 0 Å². The van der Waals surface area contributed by atoms with Gasteiger partial charge in [-0.15, -0.1) is 11.3 Å². The van der Waals surface area contributed by atoms with E-state index in [1.54, 1.807) is 0 Å². The van der Waals surface area contributed by atoms with Crippen molar-refractivity contribution in [1.82, 2.24) is 5.32 Å². The zero-order chi connectivity index (χ0) is 12.7. The van der Waals surface area contributed by atoms with Crippen molar-refractivity contribution >= 4 is 11.3 Å². The third kappa shape index (κ3) is 5.19. The van der Waals surface area contributed by atoms with Crippen LogP contribution in [0.4, 0.5) is 0 Å². The highest BCUT2D eigenvalue weighted by Gasteiger charge is 2.09. The maximum absolute atomic E-state index is 5.54. The zero-order valence-corrected chi connectivity index (χ0v) is 12.3. The van der Waals surface area contributed by atoms with Crippen molar-refractivity contribution in [1.29, 1.82) is 0 Å². The van der Waals surface area contributed by atoms with Gasteiger partial charge in [0.1, 0.15) is 0 Å². The molecule has 2 nitrogen and oxygen atoms in total. The van der Waals surface area contributed by atoms with Crippen LogP contribution in [-0.2, 0) is 4.74 Å². The van der Waals surface area contributed by atoms with Gasteiger partial charge in [0.05, 0.1) is 6.61 Å². The lowest BCUT2D eigenvalue weighted by molar-refractivity contribution is 0.131. The normalized spacial score (nSPS) is 12.9. The van der Waals surface area contributed by atoms with E-state index in [2.05, 4.69) is 39.1 Å². The molecule has 0 aliphatic heterocycles. The third-order valence-electron chi connectivity index (χ3n) is 2.89. The van der Waals surface area contributed by atoms with Crippen LogP contribution >= 0.6 is 11.3 Å². The Hall–Kier alpha value is -0.380. The van der Waals surface area contributed by atoms with E-state index in [9.17, 15) is 0 Å². The summed E-state index contributed by atoms with van der Waals surface area (Å²) in [6, 6.07) is 2.71. The number of thiophene rings is 1. The average Bonchev–Trinajstić information content (AvgIpc) is 2.62. The van der Waals surface area contributed by atoms with Crippen LogP contribution in [0.5, 0.6) is 0 Å². The molecular weight excluding hydrogens is 230 g/mol. The standard InChI is InChI=1S/C14H25NOS/c1-5-6-8-16-9-7-15-12(3)14-10-11(2)17-13(14)4/h10,12,15H,5-9H2,1-4H3. The van der Waals surface area contributed by atoms with E-state index in [1.807, 2.05) is 11.3 Å². The molecular formula is C14H25NOS. The van der Waals surface area contributed by atoms with Gasteiger partial charge in [-0.05, 0) is 38.8 Å². The molecule has 1 heterocycles. The lowest BCUT2D eigenvalue weighted by Gasteiger charge is -2.13. The Balaban J connectivity index is 2.21. The van der Waals surface area contributed by atoms with Crippen molar-refractivity contribution in [3.63, 3.8) is 0 Å². The van der Waals surface area contributed by atoms with Crippen molar-refractivity contribution in [3.05, 3.63) is 21.4 Å². The van der Waals surface area contributed by atoms with Gasteiger partial charge < -0.3 is 10.1 Å². The van der Waals surface area contributed by atoms with E-state index in [-0.39, 0.29) is 0 Å². The van der Waals surface area contributed by atoms with Gasteiger partial charge in [-0.2, -0.15) is 0 Å². The van der Waals surface area contributed by atoms with E-state index in [4.69, 9.17) is 4.74 Å². The van der Waals surface area contributed by atoms with Crippen molar-refractivity contribution in [2.45, 2.75) is 46.6 Å². The van der Waals surface area contributed by atoms with E-state index >= 15 is 0 Å². The summed E-state index contributed by atoms with van der Waals surface area (Å²) < 4.78 is 5.54. The first-order chi connectivity index (χ1) is 8.15. The third-order valence-corrected chi connectivity index (χ3v) is 3.87. The monoisotopic (exact) mass is 255 g/mol. The topological polar surface area (TPSA) is 21.3 Å². The number of hydrogen-bond acceptors (Lipinski definition) is 3. The van der Waals surface area contributed by atoms with E-state index in [1.165, 1.54) is 28.2 Å². The van der Waals surface area contributed by atoms with Crippen LogP contribution in [0.1, 0.15) is 48.0 Å². The molecule has 0 bridgehead atoms. The maximum atomic E-state index is 5.54. The summed E-state index contributed by atoms with van der Waals surface area (Å²) in [6.45, 7) is 11.4. The van der Waals surface area contributed by atoms with E-state index < -0.39 is 0 Å². The molecule has 0 aliphatic rings. The fraction of sp³-hybridized carbons (Fsp3) is 0.714. The predicted molar refractivity (Wildman–Crippen MR) is 75.9 cm³/mol. The van der Waals surface area contributed by atoms with Gasteiger partial charge in [0, 0.05) is 28.9 Å². The molecule has 0 radical (unpaired) electrons. The highest BCUT2D eigenvalue weighted by Crippen LogP contribution is 2.25. The van der Waals surface area contributed by atoms with Gasteiger partial charge in [0.15, 0.2) is 0 Å². The molecule has 3 heteroatoms. The second kappa shape index (κ2) is 7.85. The molecule has 17 heavy (non-hydrogen) atoms. The molecule has 0 saturated heterocycles. The summed E-state index contributed by atoms with van der Waals surface area (Å²) in [6.07, 6.45) is 2.37. The summed E-state index contributed by atoms with van der Waals surface area (Å²) in [5.41, 5.74) is 1.43. The van der Waals surface area contributed by atoms with Crippen molar-refractivity contribution in [2.75, 3.05) is 19.8 Å². The molecule has 0 spiro atoms. The Morgan fingerprint density at radius 1 is 1.35 bits per heavy atom. The number of rotatable bonds is 8. The second-order valence-electron chi connectivity index (χ2n) is 4.51. The Bertz CT molecular complexity index is 322. The highest BCUT2D eigenvalue weighted by molar-refractivity contribution is 7.12. The molecule has 0 aromatic carbocycles. The van der Waals surface area contributed by atoms with Gasteiger partial charge in [-0.25, -0.2) is 0 Å². The lowest BCUT2D eigenvalue weighted by atomic mass is 10.1. The van der Waals surface area contributed by atoms with Crippen LogP contribution in [0.3, 0.4) is 0 Å². The second-order valence-corrected chi connectivity index (χ2v) is 5.97.